The molecule has 2 aromatic rings. The summed E-state index contributed by atoms with van der Waals surface area (Å²) in [5, 5.41) is 6.50. The number of rotatable bonds is 10. The van der Waals surface area contributed by atoms with Crippen LogP contribution in [-0.4, -0.2) is 24.7 Å². The maximum absolute atomic E-state index is 12.3. The highest BCUT2D eigenvalue weighted by atomic mass is 79.9. The van der Waals surface area contributed by atoms with Gasteiger partial charge >= 0.3 is 0 Å². The Morgan fingerprint density at radius 1 is 1.00 bits per heavy atom. The van der Waals surface area contributed by atoms with Crippen LogP contribution in [0.2, 0.25) is 0 Å². The van der Waals surface area contributed by atoms with Crippen LogP contribution in [0, 0.1) is 12.3 Å². The lowest BCUT2D eigenvalue weighted by atomic mass is 9.82. The van der Waals surface area contributed by atoms with Crippen molar-refractivity contribution in [2.24, 2.45) is 5.41 Å². The summed E-state index contributed by atoms with van der Waals surface area (Å²) in [7, 11) is 0. The molecular formula is C26H37BrN2O3. The molecule has 0 aromatic heterocycles. The van der Waals surface area contributed by atoms with Gasteiger partial charge in [-0.1, -0.05) is 54.4 Å². The van der Waals surface area contributed by atoms with Crippen molar-refractivity contribution in [3.63, 3.8) is 0 Å². The fourth-order valence-electron chi connectivity index (χ4n) is 3.79. The first-order valence-corrected chi connectivity index (χ1v) is 11.9. The Labute approximate surface area is 201 Å². The molecule has 0 aliphatic heterocycles. The Balaban J connectivity index is 2.05. The third-order valence-electron chi connectivity index (χ3n) is 4.84. The molecule has 0 aliphatic carbocycles. The van der Waals surface area contributed by atoms with Gasteiger partial charge in [-0.3, -0.25) is 4.79 Å². The first-order valence-electron chi connectivity index (χ1n) is 11.1. The van der Waals surface area contributed by atoms with Gasteiger partial charge in [-0.25, -0.2) is 0 Å². The highest BCUT2D eigenvalue weighted by molar-refractivity contribution is 9.10. The minimum atomic E-state index is -0.220. The molecule has 2 rings (SSSR count). The van der Waals surface area contributed by atoms with Gasteiger partial charge in [0.25, 0.3) is 5.91 Å². The molecule has 5 nitrogen and oxygen atoms in total. The largest absolute Gasteiger partial charge is 0.490 e. The highest BCUT2D eigenvalue weighted by Gasteiger charge is 2.25. The van der Waals surface area contributed by atoms with Gasteiger partial charge in [0.1, 0.15) is 0 Å². The van der Waals surface area contributed by atoms with E-state index in [0.717, 1.165) is 27.7 Å². The average Bonchev–Trinajstić information content (AvgIpc) is 2.67. The summed E-state index contributed by atoms with van der Waals surface area (Å²) in [6, 6.07) is 11.5. The molecule has 0 fully saturated rings. The van der Waals surface area contributed by atoms with Crippen LogP contribution in [0.5, 0.6) is 11.5 Å². The topological polar surface area (TPSA) is 59.6 Å². The van der Waals surface area contributed by atoms with Crippen molar-refractivity contribution in [3.8, 4) is 11.5 Å². The lowest BCUT2D eigenvalue weighted by Gasteiger charge is -2.33. The molecule has 0 atom stereocenters. The van der Waals surface area contributed by atoms with Crippen LogP contribution < -0.4 is 20.1 Å². The van der Waals surface area contributed by atoms with Gasteiger partial charge in [0, 0.05) is 22.2 Å². The first-order chi connectivity index (χ1) is 14.9. The Morgan fingerprint density at radius 3 is 2.22 bits per heavy atom. The number of nitrogens with one attached hydrogen (secondary N) is 2. The van der Waals surface area contributed by atoms with Crippen LogP contribution in [0.25, 0.3) is 0 Å². The van der Waals surface area contributed by atoms with Crippen LogP contribution in [0.15, 0.2) is 40.9 Å². The van der Waals surface area contributed by atoms with E-state index >= 15 is 0 Å². The number of aryl methyl sites for hydroxylation is 1. The summed E-state index contributed by atoms with van der Waals surface area (Å²) in [6.07, 6.45) is 1.05. The van der Waals surface area contributed by atoms with E-state index in [-0.39, 0.29) is 23.5 Å². The van der Waals surface area contributed by atoms with Crippen LogP contribution in [-0.2, 0) is 11.3 Å². The van der Waals surface area contributed by atoms with Crippen molar-refractivity contribution < 1.29 is 14.3 Å². The second-order valence-corrected chi connectivity index (χ2v) is 10.9. The van der Waals surface area contributed by atoms with E-state index in [1.165, 1.54) is 0 Å². The fraction of sp³-hybridized carbons (Fsp3) is 0.500. The number of hydrogen-bond donors (Lipinski definition) is 2. The molecule has 2 aromatic carbocycles. The summed E-state index contributed by atoms with van der Waals surface area (Å²) < 4.78 is 12.5. The van der Waals surface area contributed by atoms with Crippen molar-refractivity contribution in [2.75, 3.05) is 18.5 Å². The zero-order valence-corrected chi connectivity index (χ0v) is 22.0. The molecule has 0 bridgehead atoms. The first kappa shape index (κ1) is 26.2. The van der Waals surface area contributed by atoms with Crippen LogP contribution in [0.3, 0.4) is 0 Å². The predicted molar refractivity (Wildman–Crippen MR) is 136 cm³/mol. The number of ether oxygens (including phenoxy) is 2. The van der Waals surface area contributed by atoms with Crippen LogP contribution >= 0.6 is 15.9 Å². The number of anilines is 1. The number of benzene rings is 2. The summed E-state index contributed by atoms with van der Waals surface area (Å²) in [4.78, 5) is 12.3. The van der Waals surface area contributed by atoms with E-state index in [2.05, 4.69) is 61.2 Å². The Hall–Kier alpha value is -2.05. The number of carbonyl (C=O) groups excluding carboxylic acids is 1. The van der Waals surface area contributed by atoms with Gasteiger partial charge in [-0.15, -0.1) is 0 Å². The average molecular weight is 505 g/mol. The lowest BCUT2D eigenvalue weighted by molar-refractivity contribution is -0.118. The van der Waals surface area contributed by atoms with Gasteiger partial charge in [-0.05, 0) is 69.4 Å². The number of carbonyl (C=O) groups is 1. The van der Waals surface area contributed by atoms with E-state index in [1.807, 2.05) is 50.2 Å². The molecular weight excluding hydrogens is 468 g/mol. The molecule has 0 saturated carbocycles. The molecule has 0 saturated heterocycles. The molecule has 0 aliphatic rings. The van der Waals surface area contributed by atoms with E-state index in [0.29, 0.717) is 24.7 Å². The molecule has 176 valence electrons. The van der Waals surface area contributed by atoms with Crippen LogP contribution in [0.4, 0.5) is 5.69 Å². The van der Waals surface area contributed by atoms with Gasteiger partial charge in [0.2, 0.25) is 0 Å². The molecule has 0 spiro atoms. The minimum absolute atomic E-state index is 0.00724. The van der Waals surface area contributed by atoms with E-state index in [9.17, 15) is 4.79 Å². The number of amides is 1. The van der Waals surface area contributed by atoms with Gasteiger partial charge < -0.3 is 20.1 Å². The number of halogens is 1. The van der Waals surface area contributed by atoms with Crippen molar-refractivity contribution in [1.29, 1.82) is 0 Å². The quantitative estimate of drug-likeness (QED) is 0.388. The zero-order valence-electron chi connectivity index (χ0n) is 20.4. The third kappa shape index (κ3) is 8.83. The van der Waals surface area contributed by atoms with Crippen LogP contribution in [0.1, 0.15) is 59.1 Å². The Bertz CT molecular complexity index is 903. The monoisotopic (exact) mass is 504 g/mol. The standard InChI is InChI=1S/C26H37BrN2O3/c1-8-31-22-13-19(15-28-26(6,7)17-25(3,4)5)21(27)14-23(22)32-16-24(30)29-20-11-9-18(2)10-12-20/h9-14,28H,8,15-17H2,1-7H3,(H,29,30). The van der Waals surface area contributed by atoms with E-state index < -0.39 is 0 Å². The molecule has 0 radical (unpaired) electrons. The summed E-state index contributed by atoms with van der Waals surface area (Å²) >= 11 is 3.65. The minimum Gasteiger partial charge on any atom is -0.490 e. The summed E-state index contributed by atoms with van der Waals surface area (Å²) in [5.41, 5.74) is 3.19. The van der Waals surface area contributed by atoms with Gasteiger partial charge in [-0.2, -0.15) is 0 Å². The van der Waals surface area contributed by atoms with Crippen molar-refractivity contribution in [3.05, 3.63) is 52.0 Å². The highest BCUT2D eigenvalue weighted by Crippen LogP contribution is 2.35. The van der Waals surface area contributed by atoms with E-state index in [1.54, 1.807) is 0 Å². The second-order valence-electron chi connectivity index (χ2n) is 10.0. The fourth-order valence-corrected chi connectivity index (χ4v) is 4.26. The Kier molecular flexibility index (Phi) is 9.17. The van der Waals surface area contributed by atoms with Gasteiger partial charge in [0.15, 0.2) is 18.1 Å². The van der Waals surface area contributed by atoms with Crippen molar-refractivity contribution >= 4 is 27.5 Å². The van der Waals surface area contributed by atoms with Gasteiger partial charge in [0.05, 0.1) is 6.61 Å². The molecule has 32 heavy (non-hydrogen) atoms. The second kappa shape index (κ2) is 11.2. The lowest BCUT2D eigenvalue weighted by Crippen LogP contribution is -2.41. The van der Waals surface area contributed by atoms with Crippen molar-refractivity contribution in [2.45, 2.75) is 67.0 Å². The smallest absolute Gasteiger partial charge is 0.262 e. The zero-order chi connectivity index (χ0) is 23.9. The molecule has 2 N–H and O–H groups in total. The molecule has 6 heteroatoms. The predicted octanol–water partition coefficient (Wildman–Crippen LogP) is 6.48. The molecule has 0 unspecified atom stereocenters. The SMILES string of the molecule is CCOc1cc(CNC(C)(C)CC(C)(C)C)c(Br)cc1OCC(=O)Nc1ccc(C)cc1. The maximum Gasteiger partial charge on any atom is 0.262 e. The third-order valence-corrected chi connectivity index (χ3v) is 5.57. The maximum atomic E-state index is 12.3. The molecule has 1 amide bonds. The summed E-state index contributed by atoms with van der Waals surface area (Å²) in [6.45, 7) is 16.2. The van der Waals surface area contributed by atoms with Crippen molar-refractivity contribution in [1.82, 2.24) is 5.32 Å². The normalized spacial score (nSPS) is 11.9. The number of hydrogen-bond acceptors (Lipinski definition) is 4. The summed E-state index contributed by atoms with van der Waals surface area (Å²) in [5.74, 6) is 0.946. The molecule has 0 heterocycles. The Morgan fingerprint density at radius 2 is 1.62 bits per heavy atom. The van der Waals surface area contributed by atoms with E-state index in [4.69, 9.17) is 9.47 Å².